The van der Waals surface area contributed by atoms with Crippen LogP contribution in [-0.2, 0) is 12.8 Å². The Morgan fingerprint density at radius 3 is 1.76 bits per heavy atom. The van der Waals surface area contributed by atoms with E-state index in [1.165, 1.54) is 40.5 Å². The van der Waals surface area contributed by atoms with E-state index in [0.29, 0.717) is 18.8 Å². The average molecular weight is 613 g/mol. The normalized spacial score (nSPS) is 11.6. The molecular weight excluding hydrogens is 567 g/mol. The minimum atomic E-state index is -2.18. The molecule has 0 bridgehead atoms. The average Bonchev–Trinajstić information content (AvgIpc) is 3.09. The molecule has 0 unspecified atom stereocenters. The van der Waals surface area contributed by atoms with Gasteiger partial charge >= 0.3 is 228 Å². The second-order valence-corrected chi connectivity index (χ2v) is 15.7. The summed E-state index contributed by atoms with van der Waals surface area (Å²) in [6, 6.07) is 45.7. The van der Waals surface area contributed by atoms with Crippen molar-refractivity contribution in [2.45, 2.75) is 38.5 Å². The monoisotopic (exact) mass is 612 g/mol. The van der Waals surface area contributed by atoms with E-state index in [4.69, 9.17) is 4.74 Å². The molecular formula is C42H45O2P. The van der Waals surface area contributed by atoms with E-state index >= 15 is 0 Å². The van der Waals surface area contributed by atoms with Gasteiger partial charge < -0.3 is 5.11 Å². The molecule has 0 spiro atoms. The molecule has 0 amide bonds. The molecule has 0 saturated heterocycles. The van der Waals surface area contributed by atoms with E-state index in [2.05, 4.69) is 122 Å². The number of benzene rings is 5. The Morgan fingerprint density at radius 1 is 0.600 bits per heavy atom. The second kappa shape index (κ2) is 16.1. The molecule has 2 nitrogen and oxygen atoms in total. The summed E-state index contributed by atoms with van der Waals surface area (Å²) in [6.45, 7) is 8.42. The molecule has 230 valence electrons. The van der Waals surface area contributed by atoms with Crippen molar-refractivity contribution in [2.75, 3.05) is 12.8 Å². The third-order valence-corrected chi connectivity index (χ3v) is 13.7. The SMILES string of the molecule is C=CCc1ccc(OCCCCCC[PH](c2ccccc2)(c2ccccc2)c2ccccc2)c(-c2ccc(O)c(CC=C)c2)c1. The van der Waals surface area contributed by atoms with Gasteiger partial charge in [0, 0.05) is 0 Å². The molecule has 0 heterocycles. The van der Waals surface area contributed by atoms with Gasteiger partial charge in [0.15, 0.2) is 0 Å². The van der Waals surface area contributed by atoms with Crippen LogP contribution < -0.4 is 20.7 Å². The van der Waals surface area contributed by atoms with E-state index in [0.717, 1.165) is 41.7 Å². The van der Waals surface area contributed by atoms with Crippen LogP contribution in [0.2, 0.25) is 0 Å². The number of aromatic hydroxyl groups is 1. The Balaban J connectivity index is 1.26. The molecule has 1 N–H and O–H groups in total. The fraction of sp³-hybridized carbons (Fsp3) is 0.190. The third-order valence-electron chi connectivity index (χ3n) is 8.68. The number of unbranched alkanes of at least 4 members (excludes halogenated alkanes) is 3. The van der Waals surface area contributed by atoms with Crippen molar-refractivity contribution in [3.05, 3.63) is 164 Å². The fourth-order valence-corrected chi connectivity index (χ4v) is 11.4. The van der Waals surface area contributed by atoms with Crippen molar-refractivity contribution in [1.29, 1.82) is 0 Å². The number of hydrogen-bond acceptors (Lipinski definition) is 2. The Labute approximate surface area is 270 Å². The van der Waals surface area contributed by atoms with Crippen LogP contribution in [0.25, 0.3) is 11.1 Å². The predicted molar refractivity (Wildman–Crippen MR) is 197 cm³/mol. The summed E-state index contributed by atoms with van der Waals surface area (Å²) in [4.78, 5) is 0. The maximum atomic E-state index is 10.3. The van der Waals surface area contributed by atoms with E-state index in [9.17, 15) is 5.11 Å². The Bertz CT molecular complexity index is 1570. The van der Waals surface area contributed by atoms with Crippen LogP contribution in [0.1, 0.15) is 36.8 Å². The number of ether oxygens (including phenoxy) is 1. The number of rotatable bonds is 16. The number of phenolic OH excluding ortho intramolecular Hbond substituents is 1. The van der Waals surface area contributed by atoms with Crippen LogP contribution in [0.5, 0.6) is 11.5 Å². The fourth-order valence-electron chi connectivity index (χ4n) is 6.42. The molecule has 0 aromatic heterocycles. The Hall–Kier alpha value is -4.39. The summed E-state index contributed by atoms with van der Waals surface area (Å²) in [7, 11) is -2.18. The quantitative estimate of drug-likeness (QED) is 0.0684. The first-order valence-corrected chi connectivity index (χ1v) is 18.3. The molecule has 5 aromatic carbocycles. The van der Waals surface area contributed by atoms with Gasteiger partial charge in [-0.25, -0.2) is 0 Å². The van der Waals surface area contributed by atoms with Crippen molar-refractivity contribution in [3.8, 4) is 22.6 Å². The summed E-state index contributed by atoms with van der Waals surface area (Å²) in [5.41, 5.74) is 4.14. The van der Waals surface area contributed by atoms with Crippen LogP contribution in [0.3, 0.4) is 0 Å². The molecule has 3 heteroatoms. The molecule has 0 atom stereocenters. The van der Waals surface area contributed by atoms with Gasteiger partial charge in [0.1, 0.15) is 5.75 Å². The van der Waals surface area contributed by atoms with Crippen molar-refractivity contribution < 1.29 is 9.84 Å². The number of hydrogen-bond donors (Lipinski definition) is 1. The Kier molecular flexibility index (Phi) is 11.4. The zero-order valence-corrected chi connectivity index (χ0v) is 27.2. The van der Waals surface area contributed by atoms with Crippen LogP contribution in [0.15, 0.2) is 153 Å². The van der Waals surface area contributed by atoms with Crippen molar-refractivity contribution in [1.82, 2.24) is 0 Å². The van der Waals surface area contributed by atoms with Crippen molar-refractivity contribution >= 4 is 23.2 Å². The maximum absolute atomic E-state index is 10.3. The topological polar surface area (TPSA) is 29.5 Å². The van der Waals surface area contributed by atoms with E-state index in [1.54, 1.807) is 6.07 Å². The van der Waals surface area contributed by atoms with E-state index in [1.807, 2.05) is 24.3 Å². The van der Waals surface area contributed by atoms with Gasteiger partial charge in [-0.1, -0.05) is 12.2 Å². The van der Waals surface area contributed by atoms with Crippen molar-refractivity contribution in [3.63, 3.8) is 0 Å². The Morgan fingerprint density at radius 2 is 1.18 bits per heavy atom. The predicted octanol–water partition coefficient (Wildman–Crippen LogP) is 9.18. The van der Waals surface area contributed by atoms with Crippen molar-refractivity contribution in [2.24, 2.45) is 0 Å². The van der Waals surface area contributed by atoms with Gasteiger partial charge in [0.2, 0.25) is 0 Å². The molecule has 0 fully saturated rings. The molecule has 0 saturated carbocycles. The molecule has 0 radical (unpaired) electrons. The van der Waals surface area contributed by atoms with Crippen LogP contribution in [-0.4, -0.2) is 17.9 Å². The first kappa shape index (κ1) is 32.0. The second-order valence-electron chi connectivity index (χ2n) is 11.7. The van der Waals surface area contributed by atoms with Gasteiger partial charge in [0.25, 0.3) is 0 Å². The van der Waals surface area contributed by atoms with E-state index in [-0.39, 0.29) is 0 Å². The summed E-state index contributed by atoms with van der Waals surface area (Å²) < 4.78 is 6.41. The number of allylic oxidation sites excluding steroid dienone is 2. The van der Waals surface area contributed by atoms with Gasteiger partial charge in [0.05, 0.1) is 0 Å². The van der Waals surface area contributed by atoms with E-state index < -0.39 is 7.26 Å². The zero-order valence-electron chi connectivity index (χ0n) is 26.2. The van der Waals surface area contributed by atoms with Gasteiger partial charge in [-0.05, 0) is 6.42 Å². The molecule has 45 heavy (non-hydrogen) atoms. The van der Waals surface area contributed by atoms with Gasteiger partial charge in [-0.3, -0.25) is 0 Å². The molecule has 5 aromatic rings. The minimum absolute atomic E-state index is 0.294. The number of phenols is 1. The summed E-state index contributed by atoms with van der Waals surface area (Å²) in [6.07, 6.45) is 10.8. The molecule has 0 aliphatic rings. The van der Waals surface area contributed by atoms with Gasteiger partial charge in [-0.2, -0.15) is 0 Å². The molecule has 0 aliphatic carbocycles. The summed E-state index contributed by atoms with van der Waals surface area (Å²) in [5.74, 6) is 1.17. The molecule has 5 rings (SSSR count). The van der Waals surface area contributed by atoms with Crippen LogP contribution >= 0.6 is 7.26 Å². The van der Waals surface area contributed by atoms with Gasteiger partial charge in [-0.15, -0.1) is 13.2 Å². The zero-order chi connectivity index (χ0) is 31.3. The van der Waals surface area contributed by atoms with Crippen LogP contribution in [0, 0.1) is 0 Å². The third kappa shape index (κ3) is 7.83. The van der Waals surface area contributed by atoms with Crippen LogP contribution in [0.4, 0.5) is 0 Å². The first-order valence-electron chi connectivity index (χ1n) is 16.1. The summed E-state index contributed by atoms with van der Waals surface area (Å²) in [5, 5.41) is 14.7. The standard InChI is InChI=1S/C42H45O2P/c1-3-18-34-26-29-42(40(32-34)35-27-28-41(43)36(33-35)19-4-2)44-30-16-5-6-17-31-45(37-20-10-7-11-21-37,38-22-12-8-13-23-38)39-24-14-9-15-25-39/h3-4,7-15,20-29,32-33,43,45H,1-2,5-6,16-19,30-31H2. The first-order chi connectivity index (χ1) is 22.2. The molecule has 0 aliphatic heterocycles. The summed E-state index contributed by atoms with van der Waals surface area (Å²) >= 11 is 0.